The first-order valence-electron chi connectivity index (χ1n) is 11.2. The zero-order valence-electron chi connectivity index (χ0n) is 19.4. The van der Waals surface area contributed by atoms with Crippen LogP contribution in [-0.4, -0.2) is 31.7 Å². The van der Waals surface area contributed by atoms with E-state index in [1.165, 1.54) is 12.1 Å². The van der Waals surface area contributed by atoms with E-state index in [2.05, 4.69) is 9.97 Å². The van der Waals surface area contributed by atoms with Crippen LogP contribution in [0.3, 0.4) is 0 Å². The number of aliphatic hydroxyl groups excluding tert-OH is 1. The molecule has 0 fully saturated rings. The molecular weight excluding hydrogens is 476 g/mol. The van der Waals surface area contributed by atoms with Gasteiger partial charge < -0.3 is 19.0 Å². The Bertz CT molecular complexity index is 1380. The molecule has 6 nitrogen and oxygen atoms in total. The number of nitrogens with zero attached hydrogens (tertiary/aromatic N) is 3. The summed E-state index contributed by atoms with van der Waals surface area (Å²) >= 11 is 6.20. The number of hydrogen-bond donors (Lipinski definition) is 1. The van der Waals surface area contributed by atoms with Crippen LogP contribution in [0.2, 0.25) is 5.02 Å². The van der Waals surface area contributed by atoms with E-state index >= 15 is 0 Å². The van der Waals surface area contributed by atoms with Crippen molar-refractivity contribution in [3.05, 3.63) is 76.8 Å². The fourth-order valence-electron chi connectivity index (χ4n) is 4.48. The summed E-state index contributed by atoms with van der Waals surface area (Å²) in [6, 6.07) is 12.0. The number of imidazole rings is 1. The molecule has 0 saturated heterocycles. The molecule has 182 valence electrons. The molecule has 0 saturated carbocycles. The second-order valence-corrected chi connectivity index (χ2v) is 9.93. The van der Waals surface area contributed by atoms with Crippen molar-refractivity contribution in [2.75, 3.05) is 0 Å². The lowest BCUT2D eigenvalue weighted by atomic mass is 9.95. The first-order valence-corrected chi connectivity index (χ1v) is 11.6. The molecule has 1 aliphatic rings. The van der Waals surface area contributed by atoms with Gasteiger partial charge in [0.05, 0.1) is 17.5 Å². The van der Waals surface area contributed by atoms with Crippen molar-refractivity contribution in [3.8, 4) is 22.8 Å². The lowest BCUT2D eigenvalue weighted by Gasteiger charge is -2.20. The Hall–Kier alpha value is -3.23. The van der Waals surface area contributed by atoms with Gasteiger partial charge in [0.15, 0.2) is 0 Å². The lowest BCUT2D eigenvalue weighted by molar-refractivity contribution is -0.0506. The number of aliphatic hydroxyl groups is 1. The average Bonchev–Trinajstić information content (AvgIpc) is 3.31. The third kappa shape index (κ3) is 4.68. The standard InChI is InChI=1S/C26H24ClF2N3O3/c1-26(2,3)35-22-9-5-14(12-30-22)15-4-8-21-31-23-19(33)11-18(24(23)32(21)13-15)17-10-16(27)6-7-20(17)34-25(28)29/h4-10,12-13,18-19,25,33H,11H2,1-3H3/t18-,19-/m1/s1. The van der Waals surface area contributed by atoms with Gasteiger partial charge in [-0.2, -0.15) is 8.78 Å². The van der Waals surface area contributed by atoms with Gasteiger partial charge in [-0.3, -0.25) is 0 Å². The summed E-state index contributed by atoms with van der Waals surface area (Å²) in [6.07, 6.45) is 3.08. The second-order valence-electron chi connectivity index (χ2n) is 9.49. The highest BCUT2D eigenvalue weighted by molar-refractivity contribution is 6.30. The highest BCUT2D eigenvalue weighted by Gasteiger charge is 2.37. The Labute approximate surface area is 206 Å². The maximum Gasteiger partial charge on any atom is 0.387 e. The first-order chi connectivity index (χ1) is 16.6. The third-order valence-electron chi connectivity index (χ3n) is 5.83. The van der Waals surface area contributed by atoms with Gasteiger partial charge in [-0.15, -0.1) is 0 Å². The van der Waals surface area contributed by atoms with Crippen LogP contribution >= 0.6 is 11.6 Å². The Morgan fingerprint density at radius 2 is 1.89 bits per heavy atom. The minimum Gasteiger partial charge on any atom is -0.472 e. The van der Waals surface area contributed by atoms with Crippen LogP contribution in [0.5, 0.6) is 11.6 Å². The van der Waals surface area contributed by atoms with Gasteiger partial charge in [-0.1, -0.05) is 11.6 Å². The van der Waals surface area contributed by atoms with Crippen molar-refractivity contribution in [1.82, 2.24) is 14.4 Å². The molecule has 1 N–H and O–H groups in total. The SMILES string of the molecule is CC(C)(C)Oc1ccc(-c2ccc3nc4c(n3c2)[C@@H](c2cc(Cl)ccc2OC(F)F)C[C@H]4O)cn1. The van der Waals surface area contributed by atoms with Gasteiger partial charge in [0.1, 0.15) is 17.0 Å². The van der Waals surface area contributed by atoms with E-state index in [-0.39, 0.29) is 17.8 Å². The first kappa shape index (κ1) is 23.5. The molecule has 35 heavy (non-hydrogen) atoms. The number of rotatable bonds is 5. The van der Waals surface area contributed by atoms with Crippen molar-refractivity contribution in [2.24, 2.45) is 0 Å². The largest absolute Gasteiger partial charge is 0.472 e. The van der Waals surface area contributed by atoms with Crippen LogP contribution in [0.25, 0.3) is 16.8 Å². The number of alkyl halides is 2. The highest BCUT2D eigenvalue weighted by Crippen LogP contribution is 2.47. The number of pyridine rings is 2. The summed E-state index contributed by atoms with van der Waals surface area (Å²) in [6.45, 7) is 2.89. The van der Waals surface area contributed by atoms with E-state index in [1.54, 1.807) is 12.3 Å². The molecule has 0 spiro atoms. The normalized spacial score (nSPS) is 17.7. The summed E-state index contributed by atoms with van der Waals surface area (Å²) in [7, 11) is 0. The molecule has 3 aromatic heterocycles. The number of ether oxygens (including phenoxy) is 2. The summed E-state index contributed by atoms with van der Waals surface area (Å²) in [5.41, 5.74) is 3.75. The molecule has 0 unspecified atom stereocenters. The molecule has 0 bridgehead atoms. The van der Waals surface area contributed by atoms with Crippen LogP contribution in [0.15, 0.2) is 54.9 Å². The fourth-order valence-corrected chi connectivity index (χ4v) is 4.66. The predicted octanol–water partition coefficient (Wildman–Crippen LogP) is 6.40. The molecule has 1 aromatic carbocycles. The molecule has 0 aliphatic heterocycles. The Morgan fingerprint density at radius 1 is 1.11 bits per heavy atom. The van der Waals surface area contributed by atoms with E-state index in [1.807, 2.05) is 55.6 Å². The average molecular weight is 500 g/mol. The molecule has 9 heteroatoms. The zero-order valence-corrected chi connectivity index (χ0v) is 20.1. The number of fused-ring (bicyclic) bond motifs is 3. The highest BCUT2D eigenvalue weighted by atomic mass is 35.5. The van der Waals surface area contributed by atoms with Gasteiger partial charge in [0.2, 0.25) is 5.88 Å². The zero-order chi connectivity index (χ0) is 24.9. The molecule has 4 aromatic rings. The van der Waals surface area contributed by atoms with Crippen molar-refractivity contribution < 1.29 is 23.4 Å². The maximum atomic E-state index is 13.1. The Kier molecular flexibility index (Phi) is 5.89. The summed E-state index contributed by atoms with van der Waals surface area (Å²) < 4.78 is 38.6. The minimum atomic E-state index is -2.98. The van der Waals surface area contributed by atoms with Crippen molar-refractivity contribution in [2.45, 2.75) is 51.4 Å². The molecule has 0 radical (unpaired) electrons. The predicted molar refractivity (Wildman–Crippen MR) is 128 cm³/mol. The van der Waals surface area contributed by atoms with Crippen molar-refractivity contribution >= 4 is 17.2 Å². The Balaban J connectivity index is 1.57. The van der Waals surface area contributed by atoms with Crippen LogP contribution in [-0.2, 0) is 0 Å². The smallest absolute Gasteiger partial charge is 0.387 e. The fraction of sp³-hybridized carbons (Fsp3) is 0.308. The monoisotopic (exact) mass is 499 g/mol. The van der Waals surface area contributed by atoms with Crippen LogP contribution in [0.4, 0.5) is 8.78 Å². The molecular formula is C26H24ClF2N3O3. The van der Waals surface area contributed by atoms with Gasteiger partial charge in [-0.25, -0.2) is 9.97 Å². The number of aromatic nitrogens is 3. The number of hydrogen-bond acceptors (Lipinski definition) is 5. The lowest BCUT2D eigenvalue weighted by Crippen LogP contribution is -2.23. The maximum absolute atomic E-state index is 13.1. The van der Waals surface area contributed by atoms with E-state index < -0.39 is 18.6 Å². The van der Waals surface area contributed by atoms with Gasteiger partial charge in [0.25, 0.3) is 0 Å². The van der Waals surface area contributed by atoms with E-state index in [0.717, 1.165) is 16.8 Å². The van der Waals surface area contributed by atoms with E-state index in [4.69, 9.17) is 21.1 Å². The Morgan fingerprint density at radius 3 is 2.57 bits per heavy atom. The van der Waals surface area contributed by atoms with Crippen molar-refractivity contribution in [1.29, 1.82) is 0 Å². The second kappa shape index (κ2) is 8.77. The summed E-state index contributed by atoms with van der Waals surface area (Å²) in [5, 5.41) is 11.1. The van der Waals surface area contributed by atoms with Gasteiger partial charge >= 0.3 is 6.61 Å². The molecule has 5 rings (SSSR count). The topological polar surface area (TPSA) is 68.9 Å². The number of benzene rings is 1. The van der Waals surface area contributed by atoms with Crippen LogP contribution < -0.4 is 9.47 Å². The minimum absolute atomic E-state index is 0.0270. The van der Waals surface area contributed by atoms with E-state index in [9.17, 15) is 13.9 Å². The van der Waals surface area contributed by atoms with Gasteiger partial charge in [0, 0.05) is 46.1 Å². The quantitative estimate of drug-likeness (QED) is 0.344. The molecule has 0 amide bonds. The summed E-state index contributed by atoms with van der Waals surface area (Å²) in [5.74, 6) is 0.124. The van der Waals surface area contributed by atoms with Gasteiger partial charge in [-0.05, 0) is 63.6 Å². The van der Waals surface area contributed by atoms with Crippen LogP contribution in [0, 0.1) is 0 Å². The van der Waals surface area contributed by atoms with Crippen molar-refractivity contribution in [3.63, 3.8) is 0 Å². The third-order valence-corrected chi connectivity index (χ3v) is 6.07. The summed E-state index contributed by atoms with van der Waals surface area (Å²) in [4.78, 5) is 9.02. The molecule has 3 heterocycles. The van der Waals surface area contributed by atoms with E-state index in [0.29, 0.717) is 27.8 Å². The molecule has 2 atom stereocenters. The molecule has 1 aliphatic carbocycles. The van der Waals surface area contributed by atoms with Crippen LogP contribution in [0.1, 0.15) is 56.2 Å². The number of halogens is 3.